The summed E-state index contributed by atoms with van der Waals surface area (Å²) < 4.78 is 61.6. The number of nitrogens with two attached hydrogens (primary N) is 3. The summed E-state index contributed by atoms with van der Waals surface area (Å²) in [6, 6.07) is 3.28. The minimum Gasteiger partial charge on any atom is -0.459 e. The third-order valence-corrected chi connectivity index (χ3v) is 23.5. The fourth-order valence-electron chi connectivity index (χ4n) is 16.3. The maximum atomic E-state index is 14.9. The number of ether oxygens (including phenoxy) is 9. The summed E-state index contributed by atoms with van der Waals surface area (Å²) in [7, 11) is 4.56. The first-order valence-corrected chi connectivity index (χ1v) is 43.9. The number of methoxy groups -OCH3 is 2. The third kappa shape index (κ3) is 29.9. The van der Waals surface area contributed by atoms with E-state index >= 15 is 0 Å². The normalized spacial score (nSPS) is 26.9. The SMILES string of the molecule is CO/N=C1/C[C@@H]([C@H](N)C[C@@H]2CC[C@H](n3cc(CCCC(=O)NCCOCCOCCOCCC(=O)NCCOCCOCCC(=O)NCCCCn4nc(-c5ccc6oc(N)nc6c5)c5c(N)ncnc54)nn3)[C@H](OC)C2)OC(=O)[C@@H]2CCCCN2C(=O)C(=O)[C@]2(O)O[C@@H](CC[C@H]2C)C[C@H](OC)/C(C)=C/C=C/C=C/[C@@H](C)C[C@@H](C)C(=O)[C@H](O)[C@H](O)/C(C)=C/[C@H]1C. The second kappa shape index (κ2) is 50.8. The number of aliphatic hydroxyl groups excluding tert-OH is 2. The lowest BCUT2D eigenvalue weighted by Crippen LogP contribution is -2.61. The number of aryl methyl sites for hydroxylation is 2. The Morgan fingerprint density at radius 3 is 2.13 bits per heavy atom. The number of hydrogen-bond donors (Lipinski definition) is 9. The molecule has 0 spiro atoms. The Morgan fingerprint density at radius 2 is 1.43 bits per heavy atom. The summed E-state index contributed by atoms with van der Waals surface area (Å²) >= 11 is 0. The molecular weight excluding hydrogens is 1620 g/mol. The van der Waals surface area contributed by atoms with Crippen molar-refractivity contribution in [3.8, 4) is 11.3 Å². The number of oxazole rings is 1. The van der Waals surface area contributed by atoms with Crippen molar-refractivity contribution in [1.29, 1.82) is 0 Å². The zero-order valence-electron chi connectivity index (χ0n) is 73.9. The van der Waals surface area contributed by atoms with Gasteiger partial charge in [-0.15, -0.1) is 5.10 Å². The molecule has 125 heavy (non-hydrogen) atoms. The molecule has 5 aromatic rings. The number of nitrogens with zero attached hydrogens (tertiary/aromatic N) is 10. The maximum Gasteiger partial charge on any atom is 0.329 e. The van der Waals surface area contributed by atoms with Crippen LogP contribution >= 0.6 is 0 Å². The van der Waals surface area contributed by atoms with Gasteiger partial charge < -0.3 is 105 Å². The van der Waals surface area contributed by atoms with Crippen molar-refractivity contribution in [2.24, 2.45) is 40.5 Å². The Balaban J connectivity index is 0.633. The van der Waals surface area contributed by atoms with E-state index in [-0.39, 0.29) is 112 Å². The van der Waals surface area contributed by atoms with Gasteiger partial charge in [0.2, 0.25) is 23.5 Å². The van der Waals surface area contributed by atoms with E-state index in [0.29, 0.717) is 201 Å². The van der Waals surface area contributed by atoms with E-state index in [0.717, 1.165) is 17.6 Å². The van der Waals surface area contributed by atoms with E-state index in [4.69, 9.17) is 74.2 Å². The smallest absolute Gasteiger partial charge is 0.329 e. The molecule has 4 amide bonds. The number of piperidine rings is 1. The zero-order valence-corrected chi connectivity index (χ0v) is 73.9. The summed E-state index contributed by atoms with van der Waals surface area (Å²) in [5.74, 6) is -8.28. The van der Waals surface area contributed by atoms with Gasteiger partial charge in [0, 0.05) is 115 Å². The number of anilines is 2. The van der Waals surface area contributed by atoms with Crippen LogP contribution in [0, 0.1) is 29.6 Å². The molecule has 690 valence electrons. The number of cyclic esters (lactones) is 1. The average Bonchev–Trinajstić information content (AvgIpc) is 1.70. The summed E-state index contributed by atoms with van der Waals surface area (Å²) in [6.45, 7) is 15.2. The second-order valence-electron chi connectivity index (χ2n) is 33.0. The first-order valence-electron chi connectivity index (χ1n) is 43.9. The number of nitrogen functional groups attached to an aromatic ring is 2. The third-order valence-electron chi connectivity index (χ3n) is 23.5. The Kier molecular flexibility index (Phi) is 40.4. The molecule has 1 aliphatic carbocycles. The van der Waals surface area contributed by atoms with Gasteiger partial charge in [-0.1, -0.05) is 74.5 Å². The van der Waals surface area contributed by atoms with Gasteiger partial charge in [-0.2, -0.15) is 10.1 Å². The molecule has 3 aliphatic heterocycles. The van der Waals surface area contributed by atoms with Crippen LogP contribution in [-0.2, 0) is 94.0 Å². The van der Waals surface area contributed by atoms with Crippen LogP contribution in [0.25, 0.3) is 33.4 Å². The van der Waals surface area contributed by atoms with E-state index < -0.39 is 89.6 Å². The number of Topliss-reactive ketones (excluding diaryl/α,β-unsaturated/α-hetero) is 2. The van der Waals surface area contributed by atoms with Gasteiger partial charge in [-0.3, -0.25) is 28.8 Å². The molecule has 37 nitrogen and oxygen atoms in total. The molecule has 2 saturated heterocycles. The monoisotopic (exact) mass is 1750 g/mol. The number of carbonyl (C=O) groups excluding carboxylic acids is 7. The van der Waals surface area contributed by atoms with Crippen molar-refractivity contribution in [3.05, 3.63) is 84.0 Å². The van der Waals surface area contributed by atoms with Crippen molar-refractivity contribution in [1.82, 2.24) is 60.6 Å². The molecule has 15 atom stereocenters. The number of benzene rings is 1. The highest BCUT2D eigenvalue weighted by Crippen LogP contribution is 2.40. The van der Waals surface area contributed by atoms with Crippen LogP contribution in [0.5, 0.6) is 0 Å². The second-order valence-corrected chi connectivity index (χ2v) is 33.0. The van der Waals surface area contributed by atoms with Crippen LogP contribution in [0.15, 0.2) is 87.9 Å². The van der Waals surface area contributed by atoms with Crippen molar-refractivity contribution < 1.29 is 101 Å². The lowest BCUT2D eigenvalue weighted by molar-refractivity contribution is -0.265. The quantitative estimate of drug-likeness (QED) is 0.00693. The first kappa shape index (κ1) is 99.4. The molecule has 9 rings (SSSR count). The average molecular weight is 1750 g/mol. The highest BCUT2D eigenvalue weighted by molar-refractivity contribution is 6.39. The molecule has 7 heterocycles. The lowest BCUT2D eigenvalue weighted by Gasteiger charge is -2.42. The fraction of sp³-hybridized carbons (Fsp3) is 0.659. The number of aromatic nitrogens is 8. The molecule has 0 radical (unpaired) electrons. The molecular formula is C88H132N16O21. The summed E-state index contributed by atoms with van der Waals surface area (Å²) in [5, 5.41) is 62.4. The van der Waals surface area contributed by atoms with Crippen molar-refractivity contribution >= 4 is 80.8 Å². The molecule has 1 aromatic carbocycles. The number of nitrogens with one attached hydrogen (secondary N) is 3. The largest absolute Gasteiger partial charge is 0.459 e. The summed E-state index contributed by atoms with van der Waals surface area (Å²) in [4.78, 5) is 115. The predicted molar refractivity (Wildman–Crippen MR) is 463 cm³/mol. The van der Waals surface area contributed by atoms with Gasteiger partial charge in [0.1, 0.15) is 54.8 Å². The molecule has 2 bridgehead atoms. The molecule has 4 aromatic heterocycles. The van der Waals surface area contributed by atoms with E-state index in [1.54, 1.807) is 58.7 Å². The van der Waals surface area contributed by atoms with E-state index in [1.165, 1.54) is 18.3 Å². The van der Waals surface area contributed by atoms with Crippen LogP contribution in [0.3, 0.4) is 0 Å². The van der Waals surface area contributed by atoms with Crippen LogP contribution in [-0.4, -0.2) is 275 Å². The molecule has 37 heteroatoms. The molecule has 3 fully saturated rings. The highest BCUT2D eigenvalue weighted by Gasteiger charge is 2.53. The maximum absolute atomic E-state index is 14.9. The Labute approximate surface area is 730 Å². The number of ketones is 2. The van der Waals surface area contributed by atoms with Crippen molar-refractivity contribution in [2.75, 3.05) is 125 Å². The Morgan fingerprint density at radius 1 is 0.744 bits per heavy atom. The van der Waals surface area contributed by atoms with Gasteiger partial charge in [0.25, 0.3) is 17.7 Å². The van der Waals surface area contributed by atoms with Gasteiger partial charge in [0.15, 0.2) is 17.0 Å². The van der Waals surface area contributed by atoms with E-state index in [9.17, 15) is 48.9 Å². The van der Waals surface area contributed by atoms with Crippen molar-refractivity contribution in [2.45, 2.75) is 231 Å². The lowest BCUT2D eigenvalue weighted by atomic mass is 9.79. The van der Waals surface area contributed by atoms with Crippen LogP contribution < -0.4 is 33.2 Å². The number of hydrogen-bond acceptors (Lipinski definition) is 31. The molecule has 4 aliphatic rings. The molecule has 0 unspecified atom stereocenters. The standard InChI is InChI=1S/C88H132N16O21/c1-55-18-11-10-12-19-56(2)71(115-7)51-64-26-23-60(6)88(114,125-64)82(111)85(112)102-34-15-13-21-69(102)86(113)123-72(52-66(100-117-9)57(3)47-59(5)80(109)81(110)79(108)58(4)46-55)65(89)48-61-24-27-68(73(49-61)116-8)104-53-63(98-101-104)20-17-22-74(105)93-32-38-121-43-45-122-44-41-119-37-30-76(107)94-33-39-120-42-40-118-36-29-75(106)92-31-14-16-35-103-84-77(83(90)95-54-96-84)78(99-103)62-25-28-70-67(50-62)97-87(91)124-70/h10-12,18-19,25,28,47,50,53-55,57-58,60-61,64-65,68-69,71-73,80-81,109-110,114H,13-17,20-24,26-27,29-46,48-49,51-52,89H2,1-9H3,(H2,91,97)(H,92,106)(H,93,105)(H,94,107)(H2,90,95,96)/b12-10+,18-11+,56-19+,59-47+,100-66-/t55-,57-,58-,60-,61+,64+,65-,68+,69+,71+,72+,73-,80-,81+,88-/m1/s1. The Bertz CT molecular complexity index is 4450. The number of oxime groups is 1. The highest BCUT2D eigenvalue weighted by atomic mass is 16.6. The topological polar surface area (TPSA) is 503 Å². The van der Waals surface area contributed by atoms with E-state index in [2.05, 4.69) is 46.4 Å². The van der Waals surface area contributed by atoms with Gasteiger partial charge in [-0.25, -0.2) is 24.1 Å². The number of esters is 1. The molecule has 12 N–H and O–H groups in total. The Hall–Kier alpha value is -9.38. The summed E-state index contributed by atoms with van der Waals surface area (Å²) in [5.41, 5.74) is 24.6. The van der Waals surface area contributed by atoms with Crippen LogP contribution in [0.1, 0.15) is 169 Å². The number of rotatable bonds is 38. The minimum atomic E-state index is -2.49. The summed E-state index contributed by atoms with van der Waals surface area (Å²) in [6.07, 6.45) is 16.4. The first-order chi connectivity index (χ1) is 60.2. The van der Waals surface area contributed by atoms with Gasteiger partial charge in [0.05, 0.1) is 107 Å². The van der Waals surface area contributed by atoms with Gasteiger partial charge >= 0.3 is 5.97 Å². The molecule has 1 saturated carbocycles. The number of amides is 4. The minimum absolute atomic E-state index is 0.0330. The number of carbonyl (C=O) groups is 7. The number of aliphatic hydroxyl groups is 3. The van der Waals surface area contributed by atoms with Crippen LogP contribution in [0.2, 0.25) is 0 Å². The van der Waals surface area contributed by atoms with Crippen molar-refractivity contribution in [3.63, 3.8) is 0 Å². The number of fused-ring (bicyclic) bond motifs is 5. The predicted octanol–water partition coefficient (Wildman–Crippen LogP) is 6.25. The number of unbranched alkanes of at least 4 members (excludes halogenated alkanes) is 1. The zero-order chi connectivity index (χ0) is 90.0. The van der Waals surface area contributed by atoms with Gasteiger partial charge in [-0.05, 0) is 145 Å². The van der Waals surface area contributed by atoms with E-state index in [1.807, 2.05) is 67.2 Å². The van der Waals surface area contributed by atoms with Crippen LogP contribution in [0.4, 0.5) is 11.8 Å². The number of allylic oxidation sites excluding steroid dienone is 6. The fourth-order valence-corrected chi connectivity index (χ4v) is 16.3.